The van der Waals surface area contributed by atoms with Gasteiger partial charge >= 0.3 is 0 Å². The summed E-state index contributed by atoms with van der Waals surface area (Å²) in [5.74, 6) is 0.560. The molecule has 1 amide bonds. The molecule has 4 rings (SSSR count). The summed E-state index contributed by atoms with van der Waals surface area (Å²) in [6.07, 6.45) is 3.20. The Hall–Kier alpha value is -3.08. The topological polar surface area (TPSA) is 62.7 Å². The number of aryl methyl sites for hydroxylation is 1. The minimum Gasteiger partial charge on any atom is -0.361 e. The summed E-state index contributed by atoms with van der Waals surface area (Å²) in [4.78, 5) is 20.4. The maximum atomic E-state index is 12.6. The van der Waals surface area contributed by atoms with Crippen molar-refractivity contribution >= 4 is 33.8 Å². The third-order valence-corrected chi connectivity index (χ3v) is 4.38. The number of imidazole rings is 1. The Morgan fingerprint density at radius 3 is 2.84 bits per heavy atom. The lowest BCUT2D eigenvalue weighted by Gasteiger charge is -2.08. The molecule has 126 valence electrons. The molecule has 5 heteroatoms. The fraction of sp³-hybridized carbons (Fsp3) is 0.200. The van der Waals surface area contributed by atoms with Gasteiger partial charge in [-0.15, -0.1) is 0 Å². The molecule has 0 bridgehead atoms. The van der Waals surface area contributed by atoms with Crippen molar-refractivity contribution in [2.45, 2.75) is 26.3 Å². The van der Waals surface area contributed by atoms with Crippen LogP contribution in [0.25, 0.3) is 21.9 Å². The molecule has 0 aliphatic heterocycles. The van der Waals surface area contributed by atoms with Crippen LogP contribution in [-0.4, -0.2) is 20.4 Å². The van der Waals surface area contributed by atoms with Gasteiger partial charge in [0.25, 0.3) is 0 Å². The highest BCUT2D eigenvalue weighted by atomic mass is 16.1. The van der Waals surface area contributed by atoms with E-state index in [1.807, 2.05) is 54.7 Å². The van der Waals surface area contributed by atoms with Crippen molar-refractivity contribution in [2.24, 2.45) is 0 Å². The first-order valence-corrected chi connectivity index (χ1v) is 8.56. The zero-order chi connectivity index (χ0) is 17.2. The smallest absolute Gasteiger partial charge is 0.231 e. The van der Waals surface area contributed by atoms with Crippen LogP contribution >= 0.6 is 0 Å². The van der Waals surface area contributed by atoms with Crippen LogP contribution in [0.5, 0.6) is 0 Å². The summed E-state index contributed by atoms with van der Waals surface area (Å²) in [7, 11) is 0. The van der Waals surface area contributed by atoms with Crippen molar-refractivity contribution in [1.82, 2.24) is 14.5 Å². The average molecular weight is 332 g/mol. The van der Waals surface area contributed by atoms with Crippen molar-refractivity contribution in [1.29, 1.82) is 0 Å². The Balaban J connectivity index is 1.60. The van der Waals surface area contributed by atoms with E-state index in [4.69, 9.17) is 0 Å². The van der Waals surface area contributed by atoms with Crippen molar-refractivity contribution in [3.05, 3.63) is 60.3 Å². The van der Waals surface area contributed by atoms with Crippen LogP contribution in [0.3, 0.4) is 0 Å². The van der Waals surface area contributed by atoms with Crippen LogP contribution in [0.4, 0.5) is 5.95 Å². The number of carbonyl (C=O) groups excluding carboxylic acids is 1. The van der Waals surface area contributed by atoms with E-state index in [9.17, 15) is 4.79 Å². The molecule has 0 aliphatic carbocycles. The molecule has 0 saturated carbocycles. The van der Waals surface area contributed by atoms with Crippen molar-refractivity contribution in [3.63, 3.8) is 0 Å². The molecule has 2 heterocycles. The van der Waals surface area contributed by atoms with E-state index >= 15 is 0 Å². The first-order valence-electron chi connectivity index (χ1n) is 8.56. The van der Waals surface area contributed by atoms with Gasteiger partial charge < -0.3 is 9.55 Å². The third-order valence-electron chi connectivity index (χ3n) is 4.38. The lowest BCUT2D eigenvalue weighted by molar-refractivity contribution is -0.115. The van der Waals surface area contributed by atoms with Gasteiger partial charge in [-0.3, -0.25) is 10.1 Å². The Morgan fingerprint density at radius 1 is 1.16 bits per heavy atom. The van der Waals surface area contributed by atoms with E-state index in [1.54, 1.807) is 0 Å². The molecule has 2 aromatic carbocycles. The van der Waals surface area contributed by atoms with Gasteiger partial charge in [0.2, 0.25) is 11.9 Å². The van der Waals surface area contributed by atoms with Gasteiger partial charge in [-0.1, -0.05) is 37.3 Å². The molecule has 0 atom stereocenters. The van der Waals surface area contributed by atoms with Gasteiger partial charge in [-0.2, -0.15) is 0 Å². The van der Waals surface area contributed by atoms with Gasteiger partial charge in [0.1, 0.15) is 0 Å². The molecule has 4 aromatic rings. The minimum absolute atomic E-state index is 0.0580. The molecular formula is C20H20N4O. The number of fused-ring (bicyclic) bond motifs is 2. The fourth-order valence-corrected chi connectivity index (χ4v) is 3.24. The summed E-state index contributed by atoms with van der Waals surface area (Å²) in [5, 5.41) is 4.07. The normalized spacial score (nSPS) is 11.2. The lowest BCUT2D eigenvalue weighted by atomic mass is 10.1. The highest BCUT2D eigenvalue weighted by Crippen LogP contribution is 2.21. The molecule has 0 radical (unpaired) electrons. The lowest BCUT2D eigenvalue weighted by Crippen LogP contribution is -2.17. The predicted octanol–water partition coefficient (Wildman–Crippen LogP) is 4.11. The Kier molecular flexibility index (Phi) is 3.98. The number of amides is 1. The molecule has 5 nitrogen and oxygen atoms in total. The van der Waals surface area contributed by atoms with Gasteiger partial charge in [0, 0.05) is 23.6 Å². The van der Waals surface area contributed by atoms with Crippen LogP contribution in [0.2, 0.25) is 0 Å². The number of carbonyl (C=O) groups is 1. The van der Waals surface area contributed by atoms with Gasteiger partial charge in [0.05, 0.1) is 17.5 Å². The number of nitrogens with zero attached hydrogens (tertiary/aromatic N) is 2. The van der Waals surface area contributed by atoms with Crippen molar-refractivity contribution in [2.75, 3.05) is 5.32 Å². The average Bonchev–Trinajstić information content (AvgIpc) is 3.18. The first-order chi connectivity index (χ1) is 12.3. The maximum absolute atomic E-state index is 12.6. The largest absolute Gasteiger partial charge is 0.361 e. The van der Waals surface area contributed by atoms with Crippen LogP contribution in [0.15, 0.2) is 54.7 Å². The molecule has 0 aliphatic rings. The fourth-order valence-electron chi connectivity index (χ4n) is 3.24. The van der Waals surface area contributed by atoms with Crippen LogP contribution in [0.1, 0.15) is 18.9 Å². The van der Waals surface area contributed by atoms with E-state index in [0.29, 0.717) is 12.4 Å². The third kappa shape index (κ3) is 2.89. The highest BCUT2D eigenvalue weighted by Gasteiger charge is 2.14. The predicted molar refractivity (Wildman–Crippen MR) is 101 cm³/mol. The number of rotatable bonds is 5. The van der Waals surface area contributed by atoms with E-state index < -0.39 is 0 Å². The zero-order valence-corrected chi connectivity index (χ0v) is 14.1. The number of hydrogen-bond donors (Lipinski definition) is 2. The quantitative estimate of drug-likeness (QED) is 0.578. The van der Waals surface area contributed by atoms with Gasteiger partial charge in [-0.25, -0.2) is 4.98 Å². The first kappa shape index (κ1) is 15.4. The van der Waals surface area contributed by atoms with E-state index in [0.717, 1.165) is 40.5 Å². The van der Waals surface area contributed by atoms with Crippen LogP contribution in [-0.2, 0) is 17.8 Å². The van der Waals surface area contributed by atoms with Gasteiger partial charge in [0.15, 0.2) is 0 Å². The molecular weight excluding hydrogens is 312 g/mol. The molecule has 25 heavy (non-hydrogen) atoms. The Labute approximate surface area is 145 Å². The SMILES string of the molecule is CCCn1c(NC(=O)Cc2c[nH]c3ccccc23)nc2ccccc21. The molecule has 0 unspecified atom stereocenters. The minimum atomic E-state index is -0.0580. The van der Waals surface area contributed by atoms with Crippen molar-refractivity contribution in [3.8, 4) is 0 Å². The number of H-pyrrole nitrogens is 1. The second-order valence-electron chi connectivity index (χ2n) is 6.16. The number of anilines is 1. The van der Waals surface area contributed by atoms with Gasteiger partial charge in [-0.05, 0) is 30.2 Å². The highest BCUT2D eigenvalue weighted by molar-refractivity contribution is 5.96. The summed E-state index contributed by atoms with van der Waals surface area (Å²) in [6, 6.07) is 16.0. The number of hydrogen-bond acceptors (Lipinski definition) is 2. The second-order valence-corrected chi connectivity index (χ2v) is 6.16. The summed E-state index contributed by atoms with van der Waals surface area (Å²) < 4.78 is 2.07. The van der Waals surface area contributed by atoms with Crippen molar-refractivity contribution < 1.29 is 4.79 Å². The number of para-hydroxylation sites is 3. The summed E-state index contributed by atoms with van der Waals surface area (Å²) in [6.45, 7) is 2.94. The number of aromatic nitrogens is 3. The zero-order valence-electron chi connectivity index (χ0n) is 14.1. The van der Waals surface area contributed by atoms with E-state index in [-0.39, 0.29) is 5.91 Å². The van der Waals surface area contributed by atoms with Crippen LogP contribution < -0.4 is 5.32 Å². The summed E-state index contributed by atoms with van der Waals surface area (Å²) >= 11 is 0. The number of nitrogens with one attached hydrogen (secondary N) is 2. The molecule has 2 N–H and O–H groups in total. The molecule has 0 spiro atoms. The number of aromatic amines is 1. The molecule has 2 aromatic heterocycles. The second kappa shape index (κ2) is 6.43. The van der Waals surface area contributed by atoms with E-state index in [2.05, 4.69) is 26.8 Å². The molecule has 0 fully saturated rings. The monoisotopic (exact) mass is 332 g/mol. The maximum Gasteiger partial charge on any atom is 0.231 e. The standard InChI is InChI=1S/C20H20N4O/c1-2-11-24-18-10-6-5-9-17(18)22-20(24)23-19(25)12-14-13-21-16-8-4-3-7-15(14)16/h3-10,13,21H,2,11-12H2,1H3,(H,22,23,25). The number of benzene rings is 2. The molecule has 0 saturated heterocycles. The van der Waals surface area contributed by atoms with Crippen LogP contribution in [0, 0.1) is 0 Å². The Bertz CT molecular complexity index is 1040. The van der Waals surface area contributed by atoms with E-state index in [1.165, 1.54) is 0 Å². The summed E-state index contributed by atoms with van der Waals surface area (Å²) in [5.41, 5.74) is 3.99. The Morgan fingerprint density at radius 2 is 1.96 bits per heavy atom.